The minimum atomic E-state index is -0.939. The molecule has 5 heteroatoms. The maximum atomic E-state index is 10.7. The number of nitrogens with one attached hydrogen (secondary N) is 1. The van der Waals surface area contributed by atoms with Gasteiger partial charge in [-0.3, -0.25) is 5.43 Å². The van der Waals surface area contributed by atoms with Gasteiger partial charge >= 0.3 is 5.97 Å². The molecule has 0 saturated carbocycles. The van der Waals surface area contributed by atoms with E-state index in [0.717, 1.165) is 21.4 Å². The predicted molar refractivity (Wildman–Crippen MR) is 83.4 cm³/mol. The van der Waals surface area contributed by atoms with Gasteiger partial charge in [-0.15, -0.1) is 0 Å². The van der Waals surface area contributed by atoms with E-state index in [9.17, 15) is 4.79 Å². The highest BCUT2D eigenvalue weighted by Crippen LogP contribution is 2.13. The SMILES string of the molecule is C/C(=N\Nc1ccc(C(=O)O)cc1)c1cccc(Br)c1. The summed E-state index contributed by atoms with van der Waals surface area (Å²) in [5, 5.41) is 13.1. The molecule has 2 rings (SSSR count). The second-order valence-corrected chi connectivity index (χ2v) is 5.12. The molecule has 0 aliphatic rings. The number of rotatable bonds is 4. The number of halogens is 1. The van der Waals surface area contributed by atoms with Crippen LogP contribution in [-0.2, 0) is 0 Å². The highest BCUT2D eigenvalue weighted by Gasteiger charge is 2.01. The summed E-state index contributed by atoms with van der Waals surface area (Å²) in [4.78, 5) is 10.7. The molecule has 0 aliphatic carbocycles. The van der Waals surface area contributed by atoms with Crippen molar-refractivity contribution in [3.63, 3.8) is 0 Å². The largest absolute Gasteiger partial charge is 0.478 e. The number of carboxylic acids is 1. The third-order valence-corrected chi connectivity index (χ3v) is 3.22. The van der Waals surface area contributed by atoms with Gasteiger partial charge in [0.1, 0.15) is 0 Å². The fourth-order valence-electron chi connectivity index (χ4n) is 1.61. The van der Waals surface area contributed by atoms with Crippen LogP contribution < -0.4 is 5.43 Å². The van der Waals surface area contributed by atoms with Gasteiger partial charge in [-0.1, -0.05) is 28.1 Å². The van der Waals surface area contributed by atoms with Crippen molar-refractivity contribution in [2.24, 2.45) is 5.10 Å². The minimum Gasteiger partial charge on any atom is -0.478 e. The van der Waals surface area contributed by atoms with Gasteiger partial charge in [-0.05, 0) is 48.9 Å². The van der Waals surface area contributed by atoms with E-state index in [4.69, 9.17) is 5.11 Å². The van der Waals surface area contributed by atoms with Crippen LogP contribution in [-0.4, -0.2) is 16.8 Å². The van der Waals surface area contributed by atoms with Crippen LogP contribution in [0.3, 0.4) is 0 Å². The van der Waals surface area contributed by atoms with Crippen LogP contribution in [0.5, 0.6) is 0 Å². The van der Waals surface area contributed by atoms with Crippen LogP contribution >= 0.6 is 15.9 Å². The topological polar surface area (TPSA) is 61.7 Å². The first-order valence-corrected chi connectivity index (χ1v) is 6.75. The summed E-state index contributed by atoms with van der Waals surface area (Å²) in [7, 11) is 0. The Balaban J connectivity index is 2.10. The molecule has 0 radical (unpaired) electrons. The van der Waals surface area contributed by atoms with Gasteiger partial charge in [0.25, 0.3) is 0 Å². The molecule has 0 unspecified atom stereocenters. The molecule has 2 N–H and O–H groups in total. The Labute approximate surface area is 125 Å². The fraction of sp³-hybridized carbons (Fsp3) is 0.0667. The van der Waals surface area contributed by atoms with Crippen LogP contribution in [0.15, 0.2) is 58.1 Å². The Kier molecular flexibility index (Phi) is 4.53. The monoisotopic (exact) mass is 332 g/mol. The second-order valence-electron chi connectivity index (χ2n) is 4.20. The van der Waals surface area contributed by atoms with Crippen molar-refractivity contribution in [3.8, 4) is 0 Å². The second kappa shape index (κ2) is 6.34. The van der Waals surface area contributed by atoms with Gasteiger partial charge in [0.15, 0.2) is 0 Å². The molecule has 0 aliphatic heterocycles. The van der Waals surface area contributed by atoms with Gasteiger partial charge in [-0.25, -0.2) is 4.79 Å². The highest BCUT2D eigenvalue weighted by molar-refractivity contribution is 9.10. The molecule has 0 spiro atoms. The number of hydrazone groups is 1. The molecular formula is C15H13BrN2O2. The molecule has 102 valence electrons. The third kappa shape index (κ3) is 3.68. The van der Waals surface area contributed by atoms with E-state index < -0.39 is 5.97 Å². The zero-order valence-electron chi connectivity index (χ0n) is 10.8. The van der Waals surface area contributed by atoms with E-state index >= 15 is 0 Å². The average molecular weight is 333 g/mol. The van der Waals surface area contributed by atoms with Crippen molar-refractivity contribution < 1.29 is 9.90 Å². The number of carboxylic acid groups (broad SMARTS) is 1. The predicted octanol–water partition coefficient (Wildman–Crippen LogP) is 3.98. The van der Waals surface area contributed by atoms with Crippen LogP contribution in [0.2, 0.25) is 0 Å². The zero-order valence-corrected chi connectivity index (χ0v) is 12.4. The quantitative estimate of drug-likeness (QED) is 0.657. The van der Waals surface area contributed by atoms with Gasteiger partial charge < -0.3 is 5.11 Å². The third-order valence-electron chi connectivity index (χ3n) is 2.73. The first-order chi connectivity index (χ1) is 9.56. The van der Waals surface area contributed by atoms with Gasteiger partial charge in [0.05, 0.1) is 17.0 Å². The summed E-state index contributed by atoms with van der Waals surface area (Å²) in [6.07, 6.45) is 0. The average Bonchev–Trinajstić information content (AvgIpc) is 2.45. The lowest BCUT2D eigenvalue weighted by molar-refractivity contribution is 0.0697. The van der Waals surface area contributed by atoms with Gasteiger partial charge in [-0.2, -0.15) is 5.10 Å². The molecule has 2 aromatic carbocycles. The molecular weight excluding hydrogens is 320 g/mol. The van der Waals surface area contributed by atoms with Crippen LogP contribution in [0, 0.1) is 0 Å². The molecule has 0 bridgehead atoms. The Bertz CT molecular complexity index is 651. The minimum absolute atomic E-state index is 0.253. The first kappa shape index (κ1) is 14.3. The highest BCUT2D eigenvalue weighted by atomic mass is 79.9. The number of aromatic carboxylic acids is 1. The van der Waals surface area contributed by atoms with Crippen molar-refractivity contribution in [2.75, 3.05) is 5.43 Å². The number of nitrogens with zero attached hydrogens (tertiary/aromatic N) is 1. The normalized spacial score (nSPS) is 11.2. The van der Waals surface area contributed by atoms with Crippen LogP contribution in [0.1, 0.15) is 22.8 Å². The Morgan fingerprint density at radius 2 is 1.85 bits per heavy atom. The van der Waals surface area contributed by atoms with E-state index in [1.807, 2.05) is 31.2 Å². The van der Waals surface area contributed by atoms with Gasteiger partial charge in [0, 0.05) is 4.47 Å². The van der Waals surface area contributed by atoms with E-state index in [1.165, 1.54) is 12.1 Å². The number of anilines is 1. The summed E-state index contributed by atoms with van der Waals surface area (Å²) in [5.41, 5.74) is 5.75. The standard InChI is InChI=1S/C15H13BrN2O2/c1-10(12-3-2-4-13(16)9-12)17-18-14-7-5-11(6-8-14)15(19)20/h2-9,18H,1H3,(H,19,20)/b17-10+. The van der Waals surface area contributed by atoms with Crippen molar-refractivity contribution in [2.45, 2.75) is 6.92 Å². The number of hydrogen-bond donors (Lipinski definition) is 2. The Morgan fingerprint density at radius 3 is 2.45 bits per heavy atom. The van der Waals surface area contributed by atoms with Gasteiger partial charge in [0.2, 0.25) is 0 Å². The molecule has 4 nitrogen and oxygen atoms in total. The van der Waals surface area contributed by atoms with Crippen LogP contribution in [0.25, 0.3) is 0 Å². The lowest BCUT2D eigenvalue weighted by Crippen LogP contribution is -2.00. The number of hydrogen-bond acceptors (Lipinski definition) is 3. The van der Waals surface area contributed by atoms with Crippen molar-refractivity contribution in [1.82, 2.24) is 0 Å². The maximum absolute atomic E-state index is 10.7. The van der Waals surface area contributed by atoms with Crippen LogP contribution in [0.4, 0.5) is 5.69 Å². The maximum Gasteiger partial charge on any atom is 0.335 e. The van der Waals surface area contributed by atoms with E-state index in [-0.39, 0.29) is 5.56 Å². The zero-order chi connectivity index (χ0) is 14.5. The Hall–Kier alpha value is -2.14. The lowest BCUT2D eigenvalue weighted by Gasteiger charge is -2.04. The first-order valence-electron chi connectivity index (χ1n) is 5.96. The molecule has 0 atom stereocenters. The number of carbonyl (C=O) groups is 1. The van der Waals surface area contributed by atoms with Crippen molar-refractivity contribution in [1.29, 1.82) is 0 Å². The lowest BCUT2D eigenvalue weighted by atomic mass is 10.1. The van der Waals surface area contributed by atoms with Crippen molar-refractivity contribution >= 4 is 33.3 Å². The number of benzene rings is 2. The van der Waals surface area contributed by atoms with E-state index in [0.29, 0.717) is 0 Å². The van der Waals surface area contributed by atoms with E-state index in [2.05, 4.69) is 26.5 Å². The molecule has 0 amide bonds. The van der Waals surface area contributed by atoms with E-state index in [1.54, 1.807) is 12.1 Å². The summed E-state index contributed by atoms with van der Waals surface area (Å²) in [6.45, 7) is 1.90. The molecule has 0 fully saturated rings. The summed E-state index contributed by atoms with van der Waals surface area (Å²) in [6, 6.07) is 14.3. The molecule has 0 saturated heterocycles. The summed E-state index contributed by atoms with van der Waals surface area (Å²) in [5.74, 6) is -0.939. The molecule has 0 heterocycles. The Morgan fingerprint density at radius 1 is 1.15 bits per heavy atom. The fourth-order valence-corrected chi connectivity index (χ4v) is 2.01. The summed E-state index contributed by atoms with van der Waals surface area (Å²) >= 11 is 3.42. The molecule has 2 aromatic rings. The smallest absolute Gasteiger partial charge is 0.335 e. The van der Waals surface area contributed by atoms with Crippen molar-refractivity contribution in [3.05, 3.63) is 64.1 Å². The molecule has 20 heavy (non-hydrogen) atoms. The summed E-state index contributed by atoms with van der Waals surface area (Å²) < 4.78 is 0.996. The molecule has 0 aromatic heterocycles.